The Morgan fingerprint density at radius 1 is 0.682 bits per heavy atom. The van der Waals surface area contributed by atoms with Crippen molar-refractivity contribution in [3.05, 3.63) is 35.4 Å². The van der Waals surface area contributed by atoms with Crippen molar-refractivity contribution in [2.24, 2.45) is 0 Å². The lowest BCUT2D eigenvalue weighted by Crippen LogP contribution is -2.42. The summed E-state index contributed by atoms with van der Waals surface area (Å²) in [4.78, 5) is 44.9. The molecule has 0 aliphatic rings. The minimum absolute atomic E-state index is 0.203. The van der Waals surface area contributed by atoms with Crippen molar-refractivity contribution in [2.75, 3.05) is 14.2 Å². The van der Waals surface area contributed by atoms with Gasteiger partial charge >= 0.3 is 12.2 Å². The normalized spacial score (nSPS) is 9.18. The van der Waals surface area contributed by atoms with Crippen LogP contribution in [0.3, 0.4) is 0 Å². The molecule has 0 saturated heterocycles. The van der Waals surface area contributed by atoms with E-state index in [1.165, 1.54) is 24.3 Å². The third kappa shape index (κ3) is 5.00. The Kier molecular flexibility index (Phi) is 6.16. The average molecular weight is 310 g/mol. The van der Waals surface area contributed by atoms with E-state index in [2.05, 4.69) is 20.3 Å². The van der Waals surface area contributed by atoms with Gasteiger partial charge in [0.05, 0.1) is 14.2 Å². The van der Waals surface area contributed by atoms with Gasteiger partial charge in [0.2, 0.25) is 0 Å². The smallest absolute Gasteiger partial charge is 0.425 e. The third-order valence-corrected chi connectivity index (χ3v) is 2.34. The van der Waals surface area contributed by atoms with Crippen LogP contribution in [0.4, 0.5) is 9.59 Å². The molecule has 10 heteroatoms. The second kappa shape index (κ2) is 8.09. The fraction of sp³-hybridized carbons (Fsp3) is 0.167. The zero-order chi connectivity index (χ0) is 16.5. The zero-order valence-corrected chi connectivity index (χ0v) is 11.8. The van der Waals surface area contributed by atoms with Crippen molar-refractivity contribution < 1.29 is 28.7 Å². The molecule has 0 spiro atoms. The molecular weight excluding hydrogens is 296 g/mol. The van der Waals surface area contributed by atoms with E-state index in [0.29, 0.717) is 0 Å². The van der Waals surface area contributed by atoms with Crippen molar-refractivity contribution >= 4 is 24.0 Å². The molecule has 22 heavy (non-hydrogen) atoms. The highest BCUT2D eigenvalue weighted by Gasteiger charge is 2.10. The van der Waals surface area contributed by atoms with Gasteiger partial charge in [0.1, 0.15) is 0 Å². The first-order valence-electron chi connectivity index (χ1n) is 5.86. The van der Waals surface area contributed by atoms with Gasteiger partial charge in [0.25, 0.3) is 11.8 Å². The largest absolute Gasteiger partial charge is 0.452 e. The molecule has 1 aromatic rings. The van der Waals surface area contributed by atoms with Gasteiger partial charge < -0.3 is 9.47 Å². The molecule has 4 amide bonds. The van der Waals surface area contributed by atoms with Gasteiger partial charge in [-0.1, -0.05) is 0 Å². The number of ether oxygens (including phenoxy) is 2. The molecule has 1 aromatic carbocycles. The summed E-state index contributed by atoms with van der Waals surface area (Å²) in [6.45, 7) is 0. The minimum Gasteiger partial charge on any atom is -0.452 e. The van der Waals surface area contributed by atoms with Gasteiger partial charge in [0.15, 0.2) is 0 Å². The van der Waals surface area contributed by atoms with Crippen molar-refractivity contribution in [3.63, 3.8) is 0 Å². The van der Waals surface area contributed by atoms with Gasteiger partial charge in [-0.2, -0.15) is 0 Å². The van der Waals surface area contributed by atoms with E-state index in [1.54, 1.807) is 0 Å². The van der Waals surface area contributed by atoms with Crippen LogP contribution in [0, 0.1) is 0 Å². The highest BCUT2D eigenvalue weighted by atomic mass is 16.5. The summed E-state index contributed by atoms with van der Waals surface area (Å²) < 4.78 is 8.56. The van der Waals surface area contributed by atoms with E-state index >= 15 is 0 Å². The third-order valence-electron chi connectivity index (χ3n) is 2.34. The Balaban J connectivity index is 2.58. The molecule has 0 unspecified atom stereocenters. The molecule has 0 atom stereocenters. The number of carbonyl (C=O) groups excluding carboxylic acids is 4. The summed E-state index contributed by atoms with van der Waals surface area (Å²) in [5.74, 6) is -1.19. The SMILES string of the molecule is COC(=O)NNC(=O)c1ccc(C(=O)NNC(=O)OC)cc1. The molecule has 0 aliphatic heterocycles. The van der Waals surface area contributed by atoms with E-state index < -0.39 is 24.0 Å². The van der Waals surface area contributed by atoms with Gasteiger partial charge in [-0.25, -0.2) is 20.4 Å². The summed E-state index contributed by atoms with van der Waals surface area (Å²) in [6.07, 6.45) is -1.64. The van der Waals surface area contributed by atoms with Crippen LogP contribution in [0.1, 0.15) is 20.7 Å². The molecule has 1 rings (SSSR count). The van der Waals surface area contributed by atoms with Crippen molar-refractivity contribution in [1.29, 1.82) is 0 Å². The van der Waals surface area contributed by atoms with Gasteiger partial charge in [-0.15, -0.1) is 0 Å². The van der Waals surface area contributed by atoms with Crippen LogP contribution in [0.2, 0.25) is 0 Å². The van der Waals surface area contributed by atoms with Crippen LogP contribution in [0.25, 0.3) is 0 Å². The number of benzene rings is 1. The monoisotopic (exact) mass is 310 g/mol. The molecule has 0 bridgehead atoms. The predicted molar refractivity (Wildman–Crippen MR) is 72.5 cm³/mol. The lowest BCUT2D eigenvalue weighted by atomic mass is 10.1. The number of hydrogen-bond donors (Lipinski definition) is 4. The summed E-state index contributed by atoms with van der Waals surface area (Å²) in [7, 11) is 2.30. The lowest BCUT2D eigenvalue weighted by Gasteiger charge is -2.08. The number of carbonyl (C=O) groups is 4. The second-order valence-corrected chi connectivity index (χ2v) is 3.72. The van der Waals surface area contributed by atoms with Crippen molar-refractivity contribution in [2.45, 2.75) is 0 Å². The summed E-state index contributed by atoms with van der Waals surface area (Å²) >= 11 is 0. The first-order chi connectivity index (χ1) is 10.5. The average Bonchev–Trinajstić information content (AvgIpc) is 2.56. The highest BCUT2D eigenvalue weighted by molar-refractivity contribution is 5.98. The Labute approximate surface area is 125 Å². The van der Waals surface area contributed by atoms with Crippen LogP contribution in [-0.4, -0.2) is 38.2 Å². The van der Waals surface area contributed by atoms with E-state index in [9.17, 15) is 19.2 Å². The summed E-state index contributed by atoms with van der Waals surface area (Å²) in [6, 6.07) is 5.45. The first-order valence-corrected chi connectivity index (χ1v) is 5.86. The zero-order valence-electron chi connectivity index (χ0n) is 11.8. The fourth-order valence-electron chi connectivity index (χ4n) is 1.23. The topological polar surface area (TPSA) is 135 Å². The molecule has 0 fully saturated rings. The molecule has 10 nitrogen and oxygen atoms in total. The van der Waals surface area contributed by atoms with Gasteiger partial charge in [-0.3, -0.25) is 20.4 Å². The van der Waals surface area contributed by atoms with E-state index in [-0.39, 0.29) is 11.1 Å². The quantitative estimate of drug-likeness (QED) is 0.553. The summed E-state index contributed by atoms with van der Waals surface area (Å²) in [5.41, 5.74) is 8.63. The molecular formula is C12H14N4O6. The molecule has 0 aromatic heterocycles. The van der Waals surface area contributed by atoms with Crippen molar-refractivity contribution in [1.82, 2.24) is 21.7 Å². The lowest BCUT2D eigenvalue weighted by molar-refractivity contribution is 0.0911. The molecule has 0 heterocycles. The van der Waals surface area contributed by atoms with Crippen LogP contribution in [0.5, 0.6) is 0 Å². The Morgan fingerprint density at radius 3 is 1.27 bits per heavy atom. The maximum atomic E-state index is 11.6. The maximum Gasteiger partial charge on any atom is 0.425 e. The van der Waals surface area contributed by atoms with Crippen LogP contribution >= 0.6 is 0 Å². The standard InChI is InChI=1S/C12H14N4O6/c1-21-11(19)15-13-9(17)7-3-5-8(6-4-7)10(18)14-16-12(20)22-2/h3-6H,1-2H3,(H,13,17)(H,14,18)(H,15,19)(H,16,20). The van der Waals surface area contributed by atoms with Crippen LogP contribution < -0.4 is 21.7 Å². The Morgan fingerprint density at radius 2 is 1.00 bits per heavy atom. The number of nitrogens with one attached hydrogen (secondary N) is 4. The van der Waals surface area contributed by atoms with E-state index in [4.69, 9.17) is 0 Å². The minimum atomic E-state index is -0.821. The number of hydrazine groups is 2. The number of amides is 4. The fourth-order valence-corrected chi connectivity index (χ4v) is 1.23. The molecule has 0 radical (unpaired) electrons. The van der Waals surface area contributed by atoms with E-state index in [0.717, 1.165) is 14.2 Å². The van der Waals surface area contributed by atoms with Gasteiger partial charge in [0, 0.05) is 11.1 Å². The molecule has 4 N–H and O–H groups in total. The number of rotatable bonds is 2. The number of hydrogen-bond acceptors (Lipinski definition) is 6. The Hall–Kier alpha value is -3.30. The second-order valence-electron chi connectivity index (χ2n) is 3.72. The van der Waals surface area contributed by atoms with Crippen LogP contribution in [-0.2, 0) is 9.47 Å². The number of methoxy groups -OCH3 is 2. The van der Waals surface area contributed by atoms with Crippen LogP contribution in [0.15, 0.2) is 24.3 Å². The summed E-state index contributed by atoms with van der Waals surface area (Å²) in [5, 5.41) is 0. The molecule has 118 valence electrons. The molecule has 0 saturated carbocycles. The molecule has 0 aliphatic carbocycles. The van der Waals surface area contributed by atoms with Gasteiger partial charge in [-0.05, 0) is 24.3 Å². The Bertz CT molecular complexity index is 520. The van der Waals surface area contributed by atoms with Crippen molar-refractivity contribution in [3.8, 4) is 0 Å². The maximum absolute atomic E-state index is 11.6. The first kappa shape index (κ1) is 16.8. The predicted octanol–water partition coefficient (Wildman–Crippen LogP) is -0.312. The van der Waals surface area contributed by atoms with E-state index in [1.807, 2.05) is 10.9 Å². The highest BCUT2D eigenvalue weighted by Crippen LogP contribution is 2.04.